The van der Waals surface area contributed by atoms with E-state index in [9.17, 15) is 13.5 Å². The summed E-state index contributed by atoms with van der Waals surface area (Å²) in [5, 5.41) is 9.07. The first-order valence-electron chi connectivity index (χ1n) is 5.15. The molecule has 0 heterocycles. The number of aliphatic hydroxyl groups excluding tert-OH is 1. The van der Waals surface area contributed by atoms with Gasteiger partial charge in [-0.25, -0.2) is 8.42 Å². The van der Waals surface area contributed by atoms with Crippen LogP contribution in [0.1, 0.15) is 11.5 Å². The van der Waals surface area contributed by atoms with E-state index in [-0.39, 0.29) is 12.5 Å². The van der Waals surface area contributed by atoms with E-state index < -0.39 is 20.6 Å². The molecule has 3 atom stereocenters. The molecule has 1 saturated carbocycles. The third-order valence-electron chi connectivity index (χ3n) is 3.25. The van der Waals surface area contributed by atoms with Gasteiger partial charge < -0.3 is 10.8 Å². The van der Waals surface area contributed by atoms with Crippen molar-refractivity contribution in [1.29, 1.82) is 0 Å². The molecule has 1 aromatic carbocycles. The number of benzene rings is 1. The van der Waals surface area contributed by atoms with Crippen LogP contribution < -0.4 is 5.73 Å². The average molecular weight is 276 g/mol. The Morgan fingerprint density at radius 2 is 2.18 bits per heavy atom. The first-order valence-corrected chi connectivity index (χ1v) is 7.48. The summed E-state index contributed by atoms with van der Waals surface area (Å²) in [5.74, 6) is -0.388. The molecule has 94 valence electrons. The van der Waals surface area contributed by atoms with E-state index in [1.807, 2.05) is 0 Å². The zero-order valence-electron chi connectivity index (χ0n) is 9.30. The largest absolute Gasteiger partial charge is 0.394 e. The molecule has 2 rings (SSSR count). The molecule has 0 radical (unpaired) electrons. The van der Waals surface area contributed by atoms with Crippen LogP contribution in [0.25, 0.3) is 0 Å². The Morgan fingerprint density at radius 3 is 2.59 bits per heavy atom. The van der Waals surface area contributed by atoms with Gasteiger partial charge in [0.25, 0.3) is 0 Å². The molecular formula is C11H14ClNO3S. The van der Waals surface area contributed by atoms with Crippen molar-refractivity contribution in [2.24, 2.45) is 5.73 Å². The van der Waals surface area contributed by atoms with Gasteiger partial charge in [-0.3, -0.25) is 0 Å². The lowest BCUT2D eigenvalue weighted by molar-refractivity contribution is 0.253. The van der Waals surface area contributed by atoms with Gasteiger partial charge in [-0.05, 0) is 17.7 Å². The van der Waals surface area contributed by atoms with Gasteiger partial charge in [0.15, 0.2) is 9.84 Å². The summed E-state index contributed by atoms with van der Waals surface area (Å²) in [7, 11) is -3.29. The number of aliphatic hydroxyl groups is 1. The molecule has 1 aromatic rings. The first kappa shape index (κ1) is 12.8. The topological polar surface area (TPSA) is 80.4 Å². The first-order chi connectivity index (χ1) is 7.80. The van der Waals surface area contributed by atoms with Crippen LogP contribution in [0.4, 0.5) is 0 Å². The van der Waals surface area contributed by atoms with Gasteiger partial charge in [0, 0.05) is 17.2 Å². The van der Waals surface area contributed by atoms with E-state index in [4.69, 9.17) is 17.3 Å². The molecule has 1 aliphatic rings. The van der Waals surface area contributed by atoms with Crippen LogP contribution in [0.3, 0.4) is 0 Å². The van der Waals surface area contributed by atoms with Gasteiger partial charge in [0.2, 0.25) is 0 Å². The van der Waals surface area contributed by atoms with Gasteiger partial charge in [0.1, 0.15) is 0 Å². The third-order valence-corrected chi connectivity index (χ3v) is 5.11. The number of sulfone groups is 1. The average Bonchev–Trinajstić information content (AvgIpc) is 2.86. The van der Waals surface area contributed by atoms with Crippen molar-refractivity contribution in [3.05, 3.63) is 34.9 Å². The Kier molecular flexibility index (Phi) is 2.98. The molecular weight excluding hydrogens is 262 g/mol. The quantitative estimate of drug-likeness (QED) is 0.844. The van der Waals surface area contributed by atoms with E-state index in [2.05, 4.69) is 0 Å². The highest BCUT2D eigenvalue weighted by Gasteiger charge is 2.67. The van der Waals surface area contributed by atoms with Crippen molar-refractivity contribution in [1.82, 2.24) is 0 Å². The third kappa shape index (κ3) is 2.08. The van der Waals surface area contributed by atoms with Crippen molar-refractivity contribution < 1.29 is 13.5 Å². The second-order valence-electron chi connectivity index (χ2n) is 4.55. The van der Waals surface area contributed by atoms with Crippen molar-refractivity contribution >= 4 is 21.4 Å². The summed E-state index contributed by atoms with van der Waals surface area (Å²) < 4.78 is 23.2. The smallest absolute Gasteiger partial charge is 0.152 e. The highest BCUT2D eigenvalue weighted by Crippen LogP contribution is 2.53. The van der Waals surface area contributed by atoms with E-state index >= 15 is 0 Å². The van der Waals surface area contributed by atoms with E-state index in [1.165, 1.54) is 0 Å². The molecule has 4 nitrogen and oxygen atoms in total. The fourth-order valence-electron chi connectivity index (χ4n) is 2.44. The lowest BCUT2D eigenvalue weighted by Crippen LogP contribution is -2.34. The van der Waals surface area contributed by atoms with Crippen LogP contribution in [0.15, 0.2) is 24.3 Å². The molecule has 0 bridgehead atoms. The van der Waals surface area contributed by atoms with Crippen LogP contribution in [-0.4, -0.2) is 37.2 Å². The van der Waals surface area contributed by atoms with Crippen LogP contribution in [0, 0.1) is 0 Å². The zero-order valence-corrected chi connectivity index (χ0v) is 10.9. The molecule has 1 fully saturated rings. The molecule has 0 saturated heterocycles. The second-order valence-corrected chi connectivity index (χ2v) is 7.16. The second kappa shape index (κ2) is 3.95. The molecule has 6 heteroatoms. The normalized spacial score (nSPS) is 32.5. The van der Waals surface area contributed by atoms with Crippen molar-refractivity contribution in [2.75, 3.05) is 12.9 Å². The number of hydrogen-bond acceptors (Lipinski definition) is 4. The number of nitrogens with two attached hydrogens (primary N) is 1. The number of rotatable bonds is 3. The minimum Gasteiger partial charge on any atom is -0.394 e. The molecule has 0 aliphatic heterocycles. The minimum atomic E-state index is -3.29. The molecule has 0 unspecified atom stereocenters. The summed E-state index contributed by atoms with van der Waals surface area (Å²) in [5.41, 5.74) is 5.60. The highest BCUT2D eigenvalue weighted by molar-refractivity contribution is 7.91. The Hall–Kier alpha value is -0.620. The molecule has 0 aromatic heterocycles. The monoisotopic (exact) mass is 275 g/mol. The van der Waals surface area contributed by atoms with Gasteiger partial charge >= 0.3 is 0 Å². The number of halogens is 1. The summed E-state index contributed by atoms with van der Waals surface area (Å²) >= 11 is 5.86. The summed E-state index contributed by atoms with van der Waals surface area (Å²) in [6, 6.07) is 6.92. The maximum atomic E-state index is 11.6. The Balaban J connectivity index is 2.41. The summed E-state index contributed by atoms with van der Waals surface area (Å²) in [6.45, 7) is -0.359. The predicted molar refractivity (Wildman–Crippen MR) is 66.8 cm³/mol. The lowest BCUT2D eigenvalue weighted by Gasteiger charge is -2.06. The minimum absolute atomic E-state index is 0.359. The summed E-state index contributed by atoms with van der Waals surface area (Å²) in [4.78, 5) is 0. The zero-order chi connectivity index (χ0) is 12.8. The van der Waals surface area contributed by atoms with Crippen LogP contribution in [0.2, 0.25) is 5.02 Å². The molecule has 1 aliphatic carbocycles. The molecule has 0 spiro atoms. The van der Waals surface area contributed by atoms with E-state index in [0.29, 0.717) is 5.02 Å². The predicted octanol–water partition coefficient (Wildman–Crippen LogP) is 0.540. The van der Waals surface area contributed by atoms with Crippen molar-refractivity contribution in [2.45, 2.75) is 16.7 Å². The SMILES string of the molecule is CS(=O)(=O)[C@@H]1[C@@H](c2cccc(Cl)c2)[C@]1(N)CO. The molecule has 0 amide bonds. The van der Waals surface area contributed by atoms with E-state index in [0.717, 1.165) is 11.8 Å². The van der Waals surface area contributed by atoms with E-state index in [1.54, 1.807) is 24.3 Å². The Labute approximate surface area is 105 Å². The van der Waals surface area contributed by atoms with Gasteiger partial charge in [0.05, 0.1) is 17.4 Å². The maximum Gasteiger partial charge on any atom is 0.152 e. The van der Waals surface area contributed by atoms with Crippen LogP contribution >= 0.6 is 11.6 Å². The summed E-state index contributed by atoms with van der Waals surface area (Å²) in [6.07, 6.45) is 1.14. The van der Waals surface area contributed by atoms with Gasteiger partial charge in [-0.2, -0.15) is 0 Å². The highest BCUT2D eigenvalue weighted by atomic mass is 35.5. The standard InChI is InChI=1S/C11H14ClNO3S/c1-17(15,16)10-9(11(10,13)6-14)7-3-2-4-8(12)5-7/h2-5,9-10,14H,6,13H2,1H3/t9-,10-,11-/m1/s1. The van der Waals surface area contributed by atoms with Gasteiger partial charge in [-0.1, -0.05) is 23.7 Å². The Bertz CT molecular complexity index is 545. The van der Waals surface area contributed by atoms with Gasteiger partial charge in [-0.15, -0.1) is 0 Å². The molecule has 17 heavy (non-hydrogen) atoms. The molecule has 3 N–H and O–H groups in total. The van der Waals surface area contributed by atoms with Crippen LogP contribution in [0.5, 0.6) is 0 Å². The lowest BCUT2D eigenvalue weighted by atomic mass is 10.1. The Morgan fingerprint density at radius 1 is 1.53 bits per heavy atom. The fourth-order valence-corrected chi connectivity index (χ4v) is 4.49. The fraction of sp³-hybridized carbons (Fsp3) is 0.455. The van der Waals surface area contributed by atoms with Crippen LogP contribution in [-0.2, 0) is 9.84 Å². The van der Waals surface area contributed by atoms with Crippen molar-refractivity contribution in [3.8, 4) is 0 Å². The maximum absolute atomic E-state index is 11.6. The number of hydrogen-bond donors (Lipinski definition) is 2. The van der Waals surface area contributed by atoms with Crippen molar-refractivity contribution in [3.63, 3.8) is 0 Å².